The lowest BCUT2D eigenvalue weighted by Gasteiger charge is -2.30. The summed E-state index contributed by atoms with van der Waals surface area (Å²) < 4.78 is 11.2. The highest BCUT2D eigenvalue weighted by Crippen LogP contribution is 2.34. The second-order valence-corrected chi connectivity index (χ2v) is 6.31. The van der Waals surface area contributed by atoms with Crippen molar-refractivity contribution in [2.75, 3.05) is 19.8 Å². The minimum atomic E-state index is -0.514. The van der Waals surface area contributed by atoms with Gasteiger partial charge in [0.1, 0.15) is 13.2 Å². The first-order chi connectivity index (χ1) is 10.2. The van der Waals surface area contributed by atoms with Crippen LogP contribution in [0.4, 0.5) is 0 Å². The Labute approximate surface area is 128 Å². The Morgan fingerprint density at radius 1 is 1.24 bits per heavy atom. The van der Waals surface area contributed by atoms with Gasteiger partial charge in [-0.15, -0.1) is 11.3 Å². The second kappa shape index (κ2) is 6.05. The van der Waals surface area contributed by atoms with Crippen LogP contribution in [0.3, 0.4) is 0 Å². The molecular formula is C16H19NO3S. The van der Waals surface area contributed by atoms with E-state index in [4.69, 9.17) is 9.47 Å². The molecule has 0 saturated heterocycles. The van der Waals surface area contributed by atoms with E-state index >= 15 is 0 Å². The molecule has 5 heteroatoms. The Kier molecular flexibility index (Phi) is 4.14. The molecule has 0 amide bonds. The fourth-order valence-electron chi connectivity index (χ4n) is 2.33. The summed E-state index contributed by atoms with van der Waals surface area (Å²) in [6.07, 6.45) is 0. The number of nitrogens with one attached hydrogen (secondary N) is 1. The van der Waals surface area contributed by atoms with Gasteiger partial charge in [0.15, 0.2) is 11.5 Å². The molecule has 112 valence electrons. The number of benzene rings is 1. The standard InChI is InChI=1S/C16H19NO3S/c1-16(11-18,17-10-13-3-2-8-21-13)12-4-5-14-15(9-12)20-7-6-19-14/h2-5,8-9,17-18H,6-7,10-11H2,1H3. The van der Waals surface area contributed by atoms with Gasteiger partial charge in [0, 0.05) is 11.4 Å². The first kappa shape index (κ1) is 14.4. The molecule has 2 N–H and O–H groups in total. The maximum atomic E-state index is 9.84. The lowest BCUT2D eigenvalue weighted by Crippen LogP contribution is -2.42. The SMILES string of the molecule is CC(CO)(NCc1cccs1)c1ccc2c(c1)OCCO2. The van der Waals surface area contributed by atoms with E-state index in [0.717, 1.165) is 23.6 Å². The van der Waals surface area contributed by atoms with Crippen molar-refractivity contribution in [3.63, 3.8) is 0 Å². The maximum Gasteiger partial charge on any atom is 0.161 e. The fourth-order valence-corrected chi connectivity index (χ4v) is 2.98. The van der Waals surface area contributed by atoms with E-state index < -0.39 is 5.54 Å². The van der Waals surface area contributed by atoms with Gasteiger partial charge >= 0.3 is 0 Å². The highest BCUT2D eigenvalue weighted by Gasteiger charge is 2.27. The van der Waals surface area contributed by atoms with Crippen molar-refractivity contribution >= 4 is 11.3 Å². The minimum Gasteiger partial charge on any atom is -0.486 e. The van der Waals surface area contributed by atoms with Crippen molar-refractivity contribution in [2.45, 2.75) is 19.0 Å². The lowest BCUT2D eigenvalue weighted by molar-refractivity contribution is 0.164. The van der Waals surface area contributed by atoms with Crippen LogP contribution in [0, 0.1) is 0 Å². The van der Waals surface area contributed by atoms with E-state index in [1.165, 1.54) is 4.88 Å². The van der Waals surface area contributed by atoms with Crippen LogP contribution in [0.2, 0.25) is 0 Å². The van der Waals surface area contributed by atoms with E-state index in [9.17, 15) is 5.11 Å². The zero-order valence-corrected chi connectivity index (χ0v) is 12.8. The number of ether oxygens (including phenoxy) is 2. The van der Waals surface area contributed by atoms with E-state index in [0.29, 0.717) is 13.2 Å². The molecule has 0 saturated carbocycles. The average Bonchev–Trinajstić information content (AvgIpc) is 3.05. The van der Waals surface area contributed by atoms with Crippen molar-refractivity contribution in [3.8, 4) is 11.5 Å². The third-order valence-corrected chi connectivity index (χ3v) is 4.60. The molecule has 1 atom stereocenters. The lowest BCUT2D eigenvalue weighted by atomic mass is 9.92. The monoisotopic (exact) mass is 305 g/mol. The molecule has 21 heavy (non-hydrogen) atoms. The van der Waals surface area contributed by atoms with Crippen LogP contribution in [0.15, 0.2) is 35.7 Å². The molecule has 0 bridgehead atoms. The van der Waals surface area contributed by atoms with Crippen LogP contribution in [0.5, 0.6) is 11.5 Å². The van der Waals surface area contributed by atoms with Crippen molar-refractivity contribution in [1.82, 2.24) is 5.32 Å². The summed E-state index contributed by atoms with van der Waals surface area (Å²) >= 11 is 1.70. The zero-order chi connectivity index (χ0) is 14.7. The van der Waals surface area contributed by atoms with Gasteiger partial charge in [0.25, 0.3) is 0 Å². The predicted octanol–water partition coefficient (Wildman–Crippen LogP) is 2.52. The number of aliphatic hydroxyl groups excluding tert-OH is 1. The van der Waals surface area contributed by atoms with Crippen LogP contribution in [0.25, 0.3) is 0 Å². The molecule has 1 aliphatic rings. The van der Waals surface area contributed by atoms with Gasteiger partial charge in [-0.25, -0.2) is 0 Å². The summed E-state index contributed by atoms with van der Waals surface area (Å²) in [5.74, 6) is 1.51. The third kappa shape index (κ3) is 3.05. The summed E-state index contributed by atoms with van der Waals surface area (Å²) in [4.78, 5) is 1.24. The fraction of sp³-hybridized carbons (Fsp3) is 0.375. The van der Waals surface area contributed by atoms with Crippen LogP contribution in [-0.2, 0) is 12.1 Å². The Morgan fingerprint density at radius 2 is 2.05 bits per heavy atom. The molecule has 1 unspecified atom stereocenters. The van der Waals surface area contributed by atoms with E-state index in [1.807, 2.05) is 31.2 Å². The molecule has 4 nitrogen and oxygen atoms in total. The topological polar surface area (TPSA) is 50.7 Å². The quantitative estimate of drug-likeness (QED) is 0.891. The smallest absolute Gasteiger partial charge is 0.161 e. The van der Waals surface area contributed by atoms with Gasteiger partial charge in [-0.2, -0.15) is 0 Å². The second-order valence-electron chi connectivity index (χ2n) is 5.28. The number of hydrogen-bond donors (Lipinski definition) is 2. The van der Waals surface area contributed by atoms with Crippen LogP contribution in [-0.4, -0.2) is 24.9 Å². The van der Waals surface area contributed by atoms with Crippen LogP contribution in [0.1, 0.15) is 17.4 Å². The molecule has 1 aromatic heterocycles. The number of thiophene rings is 1. The molecule has 0 radical (unpaired) electrons. The van der Waals surface area contributed by atoms with E-state index in [2.05, 4.69) is 16.8 Å². The Hall–Kier alpha value is -1.56. The number of hydrogen-bond acceptors (Lipinski definition) is 5. The maximum absolute atomic E-state index is 9.84. The predicted molar refractivity (Wildman–Crippen MR) is 83.0 cm³/mol. The molecule has 2 heterocycles. The van der Waals surface area contributed by atoms with Crippen molar-refractivity contribution < 1.29 is 14.6 Å². The van der Waals surface area contributed by atoms with E-state index in [-0.39, 0.29) is 6.61 Å². The van der Waals surface area contributed by atoms with Crippen LogP contribution < -0.4 is 14.8 Å². The summed E-state index contributed by atoms with van der Waals surface area (Å²) in [6, 6.07) is 9.95. The van der Waals surface area contributed by atoms with Gasteiger partial charge in [-0.05, 0) is 36.1 Å². The number of aliphatic hydroxyl groups is 1. The van der Waals surface area contributed by atoms with Gasteiger partial charge in [0.2, 0.25) is 0 Å². The molecule has 0 spiro atoms. The average molecular weight is 305 g/mol. The molecule has 3 rings (SSSR count). The largest absolute Gasteiger partial charge is 0.486 e. The molecule has 0 fully saturated rings. The summed E-state index contributed by atoms with van der Waals surface area (Å²) in [6.45, 7) is 3.88. The molecule has 0 aliphatic carbocycles. The third-order valence-electron chi connectivity index (χ3n) is 3.73. The molecule has 1 aliphatic heterocycles. The summed E-state index contributed by atoms with van der Waals surface area (Å²) in [5, 5.41) is 15.3. The Bertz CT molecular complexity index is 600. The van der Waals surface area contributed by atoms with Gasteiger partial charge in [0.05, 0.1) is 12.1 Å². The van der Waals surface area contributed by atoms with Gasteiger partial charge in [-0.1, -0.05) is 12.1 Å². The minimum absolute atomic E-state index is 0.0119. The molecule has 2 aromatic rings. The van der Waals surface area contributed by atoms with Crippen LogP contribution >= 0.6 is 11.3 Å². The first-order valence-electron chi connectivity index (χ1n) is 7.00. The highest BCUT2D eigenvalue weighted by molar-refractivity contribution is 7.09. The van der Waals surface area contributed by atoms with Crippen molar-refractivity contribution in [2.24, 2.45) is 0 Å². The van der Waals surface area contributed by atoms with Crippen molar-refractivity contribution in [3.05, 3.63) is 46.2 Å². The molecular weight excluding hydrogens is 286 g/mol. The Morgan fingerprint density at radius 3 is 2.76 bits per heavy atom. The number of fused-ring (bicyclic) bond motifs is 1. The highest BCUT2D eigenvalue weighted by atomic mass is 32.1. The normalized spacial score (nSPS) is 16.5. The van der Waals surface area contributed by atoms with Crippen molar-refractivity contribution in [1.29, 1.82) is 0 Å². The molecule has 1 aromatic carbocycles. The zero-order valence-electron chi connectivity index (χ0n) is 12.0. The summed E-state index contributed by atoms with van der Waals surface area (Å²) in [5.41, 5.74) is 0.477. The van der Waals surface area contributed by atoms with E-state index in [1.54, 1.807) is 11.3 Å². The van der Waals surface area contributed by atoms with Gasteiger partial charge in [-0.3, -0.25) is 0 Å². The summed E-state index contributed by atoms with van der Waals surface area (Å²) in [7, 11) is 0. The van der Waals surface area contributed by atoms with Gasteiger partial charge < -0.3 is 19.9 Å². The number of rotatable bonds is 5. The first-order valence-corrected chi connectivity index (χ1v) is 7.88. The Balaban J connectivity index is 1.80.